The van der Waals surface area contributed by atoms with Gasteiger partial charge >= 0.3 is 5.97 Å². The van der Waals surface area contributed by atoms with Gasteiger partial charge in [-0.1, -0.05) is 0 Å². The van der Waals surface area contributed by atoms with Crippen molar-refractivity contribution in [3.05, 3.63) is 17.8 Å². The van der Waals surface area contributed by atoms with E-state index in [1.165, 1.54) is 12.3 Å². The van der Waals surface area contributed by atoms with Gasteiger partial charge in [0.1, 0.15) is 0 Å². The Balaban J connectivity index is 3.03. The van der Waals surface area contributed by atoms with E-state index in [4.69, 9.17) is 20.3 Å². The zero-order valence-corrected chi connectivity index (χ0v) is 11.8. The van der Waals surface area contributed by atoms with Crippen molar-refractivity contribution in [3.63, 3.8) is 0 Å². The van der Waals surface area contributed by atoms with Crippen molar-refractivity contribution in [2.45, 2.75) is 6.92 Å². The predicted octanol–water partition coefficient (Wildman–Crippen LogP) is 0.286. The van der Waals surface area contributed by atoms with Crippen LogP contribution in [0, 0.1) is 0 Å². The third-order valence-corrected chi connectivity index (χ3v) is 2.70. The average Bonchev–Trinajstić information content (AvgIpc) is 2.44. The van der Waals surface area contributed by atoms with Crippen LogP contribution >= 0.6 is 0 Å². The SMILES string of the molecule is CCOC(=O)c1ccnc(N(CCO)CCOC)c1N. The summed E-state index contributed by atoms with van der Waals surface area (Å²) in [6.45, 7) is 3.29. The second kappa shape index (κ2) is 8.34. The number of aliphatic hydroxyl groups is 1. The smallest absolute Gasteiger partial charge is 0.340 e. The molecular formula is C13H21N3O4. The number of rotatable bonds is 8. The van der Waals surface area contributed by atoms with Crippen molar-refractivity contribution >= 4 is 17.5 Å². The topological polar surface area (TPSA) is 97.9 Å². The normalized spacial score (nSPS) is 10.3. The van der Waals surface area contributed by atoms with Crippen molar-refractivity contribution in [1.29, 1.82) is 0 Å². The monoisotopic (exact) mass is 283 g/mol. The maximum Gasteiger partial charge on any atom is 0.340 e. The number of nitrogen functional groups attached to an aromatic ring is 1. The second-order valence-corrected chi connectivity index (χ2v) is 4.02. The van der Waals surface area contributed by atoms with Gasteiger partial charge in [0.25, 0.3) is 0 Å². The number of methoxy groups -OCH3 is 1. The number of hydrogen-bond acceptors (Lipinski definition) is 7. The molecule has 0 aromatic carbocycles. The van der Waals surface area contributed by atoms with Crippen LogP contribution in [0.2, 0.25) is 0 Å². The highest BCUT2D eigenvalue weighted by Gasteiger charge is 2.18. The first-order chi connectivity index (χ1) is 9.65. The van der Waals surface area contributed by atoms with Crippen LogP contribution in [0.1, 0.15) is 17.3 Å². The first kappa shape index (κ1) is 16.2. The molecule has 3 N–H and O–H groups in total. The number of carbonyl (C=O) groups is 1. The number of esters is 1. The first-order valence-corrected chi connectivity index (χ1v) is 6.42. The molecule has 0 aliphatic heterocycles. The van der Waals surface area contributed by atoms with Gasteiger partial charge in [-0.25, -0.2) is 9.78 Å². The number of carbonyl (C=O) groups excluding carboxylic acids is 1. The van der Waals surface area contributed by atoms with Crippen LogP contribution in [0.3, 0.4) is 0 Å². The van der Waals surface area contributed by atoms with E-state index in [0.29, 0.717) is 25.5 Å². The van der Waals surface area contributed by atoms with Gasteiger partial charge in [-0.2, -0.15) is 0 Å². The van der Waals surface area contributed by atoms with Crippen molar-refractivity contribution in [2.75, 3.05) is 50.7 Å². The number of hydrogen-bond donors (Lipinski definition) is 2. The minimum absolute atomic E-state index is 0.0472. The van der Waals surface area contributed by atoms with E-state index >= 15 is 0 Å². The Labute approximate surface area is 118 Å². The fraction of sp³-hybridized carbons (Fsp3) is 0.538. The highest BCUT2D eigenvalue weighted by Crippen LogP contribution is 2.24. The maximum atomic E-state index is 11.8. The number of anilines is 2. The molecule has 0 aliphatic carbocycles. The van der Waals surface area contributed by atoms with Crippen LogP contribution in [0.5, 0.6) is 0 Å². The molecule has 0 radical (unpaired) electrons. The summed E-state index contributed by atoms with van der Waals surface area (Å²) in [5.74, 6) is -0.0361. The van der Waals surface area contributed by atoms with Gasteiger partial charge in [-0.15, -0.1) is 0 Å². The Bertz CT molecular complexity index is 440. The number of nitrogens with zero attached hydrogens (tertiary/aromatic N) is 2. The molecule has 1 aromatic rings. The molecule has 0 aliphatic rings. The minimum atomic E-state index is -0.482. The standard InChI is InChI=1S/C13H21N3O4/c1-3-20-13(18)10-4-5-15-12(11(10)14)16(6-8-17)7-9-19-2/h4-5,17H,3,6-9,14H2,1-2H3. The number of nitrogens with two attached hydrogens (primary N) is 1. The highest BCUT2D eigenvalue weighted by atomic mass is 16.5. The lowest BCUT2D eigenvalue weighted by Gasteiger charge is -2.24. The number of aliphatic hydroxyl groups excluding tert-OH is 1. The van der Waals surface area contributed by atoms with E-state index in [1.54, 1.807) is 18.9 Å². The average molecular weight is 283 g/mol. The Morgan fingerprint density at radius 2 is 2.25 bits per heavy atom. The maximum absolute atomic E-state index is 11.8. The Morgan fingerprint density at radius 1 is 1.50 bits per heavy atom. The molecule has 1 rings (SSSR count). The lowest BCUT2D eigenvalue weighted by molar-refractivity contribution is 0.0527. The van der Waals surface area contributed by atoms with Crippen LogP contribution in [0.25, 0.3) is 0 Å². The van der Waals surface area contributed by atoms with Gasteiger partial charge in [0.2, 0.25) is 0 Å². The van der Waals surface area contributed by atoms with Gasteiger partial charge in [0, 0.05) is 26.4 Å². The predicted molar refractivity (Wildman–Crippen MR) is 75.8 cm³/mol. The molecule has 0 fully saturated rings. The molecule has 112 valence electrons. The molecule has 0 spiro atoms. The fourth-order valence-electron chi connectivity index (χ4n) is 1.75. The molecule has 0 saturated heterocycles. The van der Waals surface area contributed by atoms with E-state index in [9.17, 15) is 4.79 Å². The molecule has 7 nitrogen and oxygen atoms in total. The second-order valence-electron chi connectivity index (χ2n) is 4.02. The van der Waals surface area contributed by atoms with E-state index in [0.717, 1.165) is 0 Å². The van der Waals surface area contributed by atoms with Gasteiger partial charge in [0.15, 0.2) is 5.82 Å². The summed E-state index contributed by atoms with van der Waals surface area (Å²) in [4.78, 5) is 17.7. The van der Waals surface area contributed by atoms with Gasteiger partial charge in [0.05, 0.1) is 31.1 Å². The first-order valence-electron chi connectivity index (χ1n) is 6.42. The van der Waals surface area contributed by atoms with Gasteiger partial charge < -0.3 is 25.2 Å². The molecule has 0 saturated carbocycles. The summed E-state index contributed by atoms with van der Waals surface area (Å²) in [6.07, 6.45) is 1.50. The lowest BCUT2D eigenvalue weighted by Crippen LogP contribution is -2.32. The molecule has 20 heavy (non-hydrogen) atoms. The molecular weight excluding hydrogens is 262 g/mol. The van der Waals surface area contributed by atoms with Crippen molar-refractivity contribution in [3.8, 4) is 0 Å². The summed E-state index contributed by atoms with van der Waals surface area (Å²) in [5.41, 5.74) is 6.51. The summed E-state index contributed by atoms with van der Waals surface area (Å²) < 4.78 is 9.96. The van der Waals surface area contributed by atoms with Crippen LogP contribution in [-0.4, -0.2) is 56.1 Å². The molecule has 0 amide bonds. The highest BCUT2D eigenvalue weighted by molar-refractivity contribution is 5.97. The molecule has 1 heterocycles. The van der Waals surface area contributed by atoms with E-state index < -0.39 is 5.97 Å². The Morgan fingerprint density at radius 3 is 2.85 bits per heavy atom. The van der Waals surface area contributed by atoms with Crippen molar-refractivity contribution < 1.29 is 19.4 Å². The number of aromatic nitrogens is 1. The van der Waals surface area contributed by atoms with Crippen molar-refractivity contribution in [2.24, 2.45) is 0 Å². The van der Waals surface area contributed by atoms with Crippen LogP contribution < -0.4 is 10.6 Å². The van der Waals surface area contributed by atoms with E-state index in [-0.39, 0.29) is 24.5 Å². The summed E-state index contributed by atoms with van der Waals surface area (Å²) in [6, 6.07) is 1.52. The number of ether oxygens (including phenoxy) is 2. The molecule has 7 heteroatoms. The summed E-state index contributed by atoms with van der Waals surface area (Å²) in [5, 5.41) is 9.11. The molecule has 0 atom stereocenters. The lowest BCUT2D eigenvalue weighted by atomic mass is 10.2. The number of pyridine rings is 1. The van der Waals surface area contributed by atoms with Gasteiger partial charge in [-0.05, 0) is 13.0 Å². The zero-order chi connectivity index (χ0) is 15.0. The molecule has 1 aromatic heterocycles. The largest absolute Gasteiger partial charge is 0.462 e. The van der Waals surface area contributed by atoms with E-state index in [2.05, 4.69) is 4.98 Å². The van der Waals surface area contributed by atoms with E-state index in [1.807, 2.05) is 0 Å². The van der Waals surface area contributed by atoms with Gasteiger partial charge in [-0.3, -0.25) is 0 Å². The molecule has 0 bridgehead atoms. The summed E-state index contributed by atoms with van der Waals surface area (Å²) >= 11 is 0. The fourth-order valence-corrected chi connectivity index (χ4v) is 1.75. The third kappa shape index (κ3) is 4.07. The Kier molecular flexibility index (Phi) is 6.75. The Hall–Kier alpha value is -1.86. The van der Waals surface area contributed by atoms with Crippen LogP contribution in [-0.2, 0) is 9.47 Å². The third-order valence-electron chi connectivity index (χ3n) is 2.70. The summed E-state index contributed by atoms with van der Waals surface area (Å²) in [7, 11) is 1.59. The van der Waals surface area contributed by atoms with Crippen molar-refractivity contribution in [1.82, 2.24) is 4.98 Å². The zero-order valence-electron chi connectivity index (χ0n) is 11.8. The van der Waals surface area contributed by atoms with Crippen LogP contribution in [0.4, 0.5) is 11.5 Å². The van der Waals surface area contributed by atoms with Crippen LogP contribution in [0.15, 0.2) is 12.3 Å². The molecule has 0 unspecified atom stereocenters. The quantitative estimate of drug-likeness (QED) is 0.661. The minimum Gasteiger partial charge on any atom is -0.462 e.